The highest BCUT2D eigenvalue weighted by Crippen LogP contribution is 2.23. The molecule has 150 valence electrons. The highest BCUT2D eigenvalue weighted by atomic mass is 16.5. The summed E-state index contributed by atoms with van der Waals surface area (Å²) in [6.07, 6.45) is -0.951. The first kappa shape index (κ1) is 20.3. The predicted octanol–water partition coefficient (Wildman–Crippen LogP) is 4.35. The van der Waals surface area contributed by atoms with Crippen LogP contribution in [0.2, 0.25) is 0 Å². The molecule has 1 atom stereocenters. The molecule has 0 spiro atoms. The van der Waals surface area contributed by atoms with Crippen molar-refractivity contribution in [1.29, 1.82) is 0 Å². The summed E-state index contributed by atoms with van der Waals surface area (Å²) in [6, 6.07) is 12.9. The Kier molecular flexibility index (Phi) is 5.82. The van der Waals surface area contributed by atoms with E-state index in [2.05, 4.69) is 10.3 Å². The zero-order valence-corrected chi connectivity index (χ0v) is 17.2. The van der Waals surface area contributed by atoms with Gasteiger partial charge in [0.2, 0.25) is 0 Å². The van der Waals surface area contributed by atoms with Gasteiger partial charge < -0.3 is 14.8 Å². The van der Waals surface area contributed by atoms with Crippen LogP contribution < -0.4 is 10.1 Å². The molecule has 0 fully saturated rings. The number of anilines is 1. The number of carbonyl (C=O) groups excluding carboxylic acids is 2. The number of nitrogens with zero attached hydrogens (tertiary/aromatic N) is 1. The maximum Gasteiger partial charge on any atom is 0.340 e. The topological polar surface area (TPSA) is 77.5 Å². The number of amides is 1. The molecular weight excluding hydrogens is 368 g/mol. The molecule has 6 nitrogen and oxygen atoms in total. The van der Waals surface area contributed by atoms with Crippen molar-refractivity contribution in [2.24, 2.45) is 0 Å². The van der Waals surface area contributed by atoms with Gasteiger partial charge in [-0.05, 0) is 63.1 Å². The third-order valence-corrected chi connectivity index (χ3v) is 4.74. The number of hydrogen-bond acceptors (Lipinski definition) is 5. The Bertz CT molecular complexity index is 1090. The molecule has 1 unspecified atom stereocenters. The average molecular weight is 392 g/mol. The van der Waals surface area contributed by atoms with Crippen molar-refractivity contribution in [2.75, 3.05) is 12.4 Å². The van der Waals surface area contributed by atoms with E-state index in [0.29, 0.717) is 22.7 Å². The van der Waals surface area contributed by atoms with E-state index < -0.39 is 12.1 Å². The molecule has 1 heterocycles. The molecule has 0 aliphatic carbocycles. The molecule has 0 bridgehead atoms. The van der Waals surface area contributed by atoms with Gasteiger partial charge in [-0.25, -0.2) is 4.79 Å². The zero-order valence-electron chi connectivity index (χ0n) is 17.2. The van der Waals surface area contributed by atoms with Crippen LogP contribution in [0.15, 0.2) is 42.5 Å². The summed E-state index contributed by atoms with van der Waals surface area (Å²) in [5.74, 6) is -0.281. The molecule has 1 N–H and O–H groups in total. The number of aryl methyl sites for hydroxylation is 3. The number of nitrogens with one attached hydrogen (secondary N) is 1. The first-order chi connectivity index (χ1) is 13.8. The smallest absolute Gasteiger partial charge is 0.340 e. The SMILES string of the molecule is COc1ccc2cc(C(=O)OC(C)C(=O)Nc3cc(C)ccc3C)c(C)nc2c1. The molecule has 1 amide bonds. The fraction of sp³-hybridized carbons (Fsp3) is 0.261. The first-order valence-corrected chi connectivity index (χ1v) is 9.33. The molecule has 3 aromatic rings. The predicted molar refractivity (Wildman–Crippen MR) is 112 cm³/mol. The van der Waals surface area contributed by atoms with E-state index in [1.165, 1.54) is 0 Å². The number of benzene rings is 2. The molecule has 3 rings (SSSR count). The Hall–Kier alpha value is -3.41. The van der Waals surface area contributed by atoms with Crippen molar-refractivity contribution >= 4 is 28.5 Å². The second-order valence-corrected chi connectivity index (χ2v) is 7.04. The van der Waals surface area contributed by atoms with Gasteiger partial charge in [0.15, 0.2) is 6.10 Å². The monoisotopic (exact) mass is 392 g/mol. The van der Waals surface area contributed by atoms with Crippen LogP contribution in [0.5, 0.6) is 5.75 Å². The van der Waals surface area contributed by atoms with E-state index >= 15 is 0 Å². The van der Waals surface area contributed by atoms with Crippen molar-refractivity contribution in [1.82, 2.24) is 4.98 Å². The fourth-order valence-corrected chi connectivity index (χ4v) is 2.96. The van der Waals surface area contributed by atoms with Crippen LogP contribution in [0.1, 0.15) is 34.1 Å². The number of pyridine rings is 1. The quantitative estimate of drug-likeness (QED) is 0.653. The Labute approximate surface area is 169 Å². The molecule has 0 saturated carbocycles. The van der Waals surface area contributed by atoms with Gasteiger partial charge in [-0.3, -0.25) is 9.78 Å². The summed E-state index contributed by atoms with van der Waals surface area (Å²) in [4.78, 5) is 29.6. The number of carbonyl (C=O) groups is 2. The van der Waals surface area contributed by atoms with Crippen LogP contribution in [0.3, 0.4) is 0 Å². The van der Waals surface area contributed by atoms with Crippen molar-refractivity contribution in [3.8, 4) is 5.75 Å². The highest BCUT2D eigenvalue weighted by molar-refractivity contribution is 5.99. The molecule has 0 aliphatic rings. The lowest BCUT2D eigenvalue weighted by molar-refractivity contribution is -0.123. The standard InChI is InChI=1S/C23H24N2O4/c1-13-6-7-14(2)20(10-13)25-22(26)16(4)29-23(27)19-11-17-8-9-18(28-5)12-21(17)24-15(19)3/h6-12,16H,1-5H3,(H,25,26). The minimum atomic E-state index is -0.951. The van der Waals surface area contributed by atoms with Crippen molar-refractivity contribution in [3.05, 3.63) is 64.8 Å². The Balaban J connectivity index is 1.75. The number of hydrogen-bond donors (Lipinski definition) is 1. The number of methoxy groups -OCH3 is 1. The van der Waals surface area contributed by atoms with Crippen LogP contribution in [-0.4, -0.2) is 30.1 Å². The molecule has 0 radical (unpaired) electrons. The van der Waals surface area contributed by atoms with Gasteiger partial charge in [-0.15, -0.1) is 0 Å². The van der Waals surface area contributed by atoms with E-state index in [0.717, 1.165) is 22.0 Å². The Morgan fingerprint density at radius 3 is 2.52 bits per heavy atom. The highest BCUT2D eigenvalue weighted by Gasteiger charge is 2.21. The number of ether oxygens (including phenoxy) is 2. The van der Waals surface area contributed by atoms with E-state index in [1.807, 2.05) is 38.1 Å². The molecular formula is C23H24N2O4. The lowest BCUT2D eigenvalue weighted by Crippen LogP contribution is -2.30. The molecule has 1 aromatic heterocycles. The van der Waals surface area contributed by atoms with E-state index in [1.54, 1.807) is 39.2 Å². The lowest BCUT2D eigenvalue weighted by atomic mass is 10.1. The molecule has 0 aliphatic heterocycles. The first-order valence-electron chi connectivity index (χ1n) is 9.33. The summed E-state index contributed by atoms with van der Waals surface area (Å²) >= 11 is 0. The van der Waals surface area contributed by atoms with Crippen molar-refractivity contribution < 1.29 is 19.1 Å². The van der Waals surface area contributed by atoms with Crippen LogP contribution in [0.4, 0.5) is 5.69 Å². The Morgan fingerprint density at radius 1 is 1.03 bits per heavy atom. The number of rotatable bonds is 5. The summed E-state index contributed by atoms with van der Waals surface area (Å²) in [5.41, 5.74) is 4.25. The van der Waals surface area contributed by atoms with Gasteiger partial charge in [0.05, 0.1) is 23.9 Å². The number of aromatic nitrogens is 1. The maximum atomic E-state index is 12.7. The van der Waals surface area contributed by atoms with Crippen LogP contribution in [0.25, 0.3) is 10.9 Å². The van der Waals surface area contributed by atoms with E-state index in [-0.39, 0.29) is 5.91 Å². The lowest BCUT2D eigenvalue weighted by Gasteiger charge is -2.16. The van der Waals surface area contributed by atoms with Crippen LogP contribution in [0, 0.1) is 20.8 Å². The minimum Gasteiger partial charge on any atom is -0.497 e. The summed E-state index contributed by atoms with van der Waals surface area (Å²) in [5, 5.41) is 3.61. The van der Waals surface area contributed by atoms with Crippen molar-refractivity contribution in [3.63, 3.8) is 0 Å². The fourth-order valence-electron chi connectivity index (χ4n) is 2.96. The maximum absolute atomic E-state index is 12.7. The van der Waals surface area contributed by atoms with Gasteiger partial charge in [0.1, 0.15) is 5.75 Å². The van der Waals surface area contributed by atoms with E-state index in [4.69, 9.17) is 9.47 Å². The molecule has 6 heteroatoms. The third kappa shape index (κ3) is 4.54. The normalized spacial score (nSPS) is 11.8. The van der Waals surface area contributed by atoms with Gasteiger partial charge in [-0.1, -0.05) is 12.1 Å². The second-order valence-electron chi connectivity index (χ2n) is 7.04. The number of esters is 1. The summed E-state index contributed by atoms with van der Waals surface area (Å²) in [6.45, 7) is 7.14. The van der Waals surface area contributed by atoms with Gasteiger partial charge in [0, 0.05) is 17.1 Å². The second kappa shape index (κ2) is 8.31. The van der Waals surface area contributed by atoms with Crippen LogP contribution >= 0.6 is 0 Å². The van der Waals surface area contributed by atoms with E-state index in [9.17, 15) is 9.59 Å². The number of fused-ring (bicyclic) bond motifs is 1. The molecule has 29 heavy (non-hydrogen) atoms. The minimum absolute atomic E-state index is 0.328. The summed E-state index contributed by atoms with van der Waals surface area (Å²) in [7, 11) is 1.59. The largest absolute Gasteiger partial charge is 0.497 e. The van der Waals surface area contributed by atoms with Gasteiger partial charge in [0.25, 0.3) is 5.91 Å². The van der Waals surface area contributed by atoms with Gasteiger partial charge >= 0.3 is 5.97 Å². The average Bonchev–Trinajstić information content (AvgIpc) is 2.69. The van der Waals surface area contributed by atoms with Gasteiger partial charge in [-0.2, -0.15) is 0 Å². The summed E-state index contributed by atoms with van der Waals surface area (Å²) < 4.78 is 10.6. The molecule has 2 aromatic carbocycles. The van der Waals surface area contributed by atoms with Crippen molar-refractivity contribution in [2.45, 2.75) is 33.8 Å². The Morgan fingerprint density at radius 2 is 1.79 bits per heavy atom. The van der Waals surface area contributed by atoms with Crippen LogP contribution in [-0.2, 0) is 9.53 Å². The molecule has 0 saturated heterocycles. The zero-order chi connectivity index (χ0) is 21.1. The third-order valence-electron chi connectivity index (χ3n) is 4.74.